The first-order valence-electron chi connectivity index (χ1n) is 7.49. The van der Waals surface area contributed by atoms with Crippen molar-refractivity contribution >= 4 is 27.2 Å². The summed E-state index contributed by atoms with van der Waals surface area (Å²) in [6.07, 6.45) is 0.648. The van der Waals surface area contributed by atoms with Crippen LogP contribution in [-0.4, -0.2) is 53.3 Å². The largest absolute Gasteiger partial charge is 0.363 e. The molecule has 1 aliphatic heterocycles. The van der Waals surface area contributed by atoms with Gasteiger partial charge in [-0.2, -0.15) is 5.10 Å². The molecule has 0 bridgehead atoms. The molecule has 2 heterocycles. The van der Waals surface area contributed by atoms with Crippen molar-refractivity contribution < 1.29 is 8.42 Å². The van der Waals surface area contributed by atoms with E-state index in [0.717, 1.165) is 23.5 Å². The second kappa shape index (κ2) is 6.54. The molecule has 6 nitrogen and oxygen atoms in total. The van der Waals surface area contributed by atoms with Crippen LogP contribution in [0.3, 0.4) is 0 Å². The molecule has 0 aromatic carbocycles. The average Bonchev–Trinajstić information content (AvgIpc) is 2.92. The lowest BCUT2D eigenvalue weighted by molar-refractivity contribution is 0.475. The number of aromatic nitrogens is 2. The average molecular weight is 345 g/mol. The summed E-state index contributed by atoms with van der Waals surface area (Å²) in [5.41, 5.74) is 3.09. The van der Waals surface area contributed by atoms with Crippen LogP contribution in [0.1, 0.15) is 36.3 Å². The number of aryl methyl sites for hydroxylation is 1. The highest BCUT2D eigenvalue weighted by molar-refractivity contribution is 7.91. The normalized spacial score (nSPS) is 20.1. The van der Waals surface area contributed by atoms with E-state index in [-0.39, 0.29) is 17.5 Å². The van der Waals surface area contributed by atoms with Gasteiger partial charge in [0.1, 0.15) is 0 Å². The molecule has 1 aromatic heterocycles. The van der Waals surface area contributed by atoms with Gasteiger partial charge in [0.05, 0.1) is 23.2 Å². The molecule has 1 fully saturated rings. The van der Waals surface area contributed by atoms with E-state index in [0.29, 0.717) is 18.1 Å². The Morgan fingerprint density at radius 2 is 2.18 bits per heavy atom. The van der Waals surface area contributed by atoms with Crippen LogP contribution >= 0.6 is 12.2 Å². The van der Waals surface area contributed by atoms with Gasteiger partial charge in [-0.3, -0.25) is 4.68 Å². The van der Waals surface area contributed by atoms with E-state index < -0.39 is 9.84 Å². The van der Waals surface area contributed by atoms with E-state index in [9.17, 15) is 8.42 Å². The number of hydrogen-bond donors (Lipinski definition) is 1. The van der Waals surface area contributed by atoms with Crippen molar-refractivity contribution in [2.75, 3.05) is 25.1 Å². The molecule has 124 valence electrons. The van der Waals surface area contributed by atoms with Gasteiger partial charge in [0.25, 0.3) is 0 Å². The quantitative estimate of drug-likeness (QED) is 0.828. The lowest BCUT2D eigenvalue weighted by Crippen LogP contribution is -2.36. The smallest absolute Gasteiger partial charge is 0.168 e. The van der Waals surface area contributed by atoms with Gasteiger partial charge in [0, 0.05) is 31.4 Å². The maximum absolute atomic E-state index is 11.7. The molecule has 1 atom stereocenters. The molecule has 0 radical (unpaired) electrons. The van der Waals surface area contributed by atoms with Gasteiger partial charge in [0.15, 0.2) is 14.9 Å². The fraction of sp³-hybridized carbons (Fsp3) is 0.714. The predicted molar refractivity (Wildman–Crippen MR) is 91.8 cm³/mol. The van der Waals surface area contributed by atoms with Crippen molar-refractivity contribution in [3.63, 3.8) is 0 Å². The maximum Gasteiger partial charge on any atom is 0.168 e. The summed E-state index contributed by atoms with van der Waals surface area (Å²) in [4.78, 5) is 1.98. The number of nitrogens with zero attached hydrogens (tertiary/aromatic N) is 3. The first kappa shape index (κ1) is 17.2. The molecule has 1 aliphatic rings. The van der Waals surface area contributed by atoms with Gasteiger partial charge >= 0.3 is 0 Å². The van der Waals surface area contributed by atoms with Crippen LogP contribution in [0.4, 0.5) is 0 Å². The zero-order valence-electron chi connectivity index (χ0n) is 13.6. The Hall–Kier alpha value is -1.15. The Morgan fingerprint density at radius 1 is 1.50 bits per heavy atom. The molecule has 1 N–H and O–H groups in total. The summed E-state index contributed by atoms with van der Waals surface area (Å²) in [6.45, 7) is 7.44. The van der Waals surface area contributed by atoms with Crippen LogP contribution in [0.15, 0.2) is 0 Å². The van der Waals surface area contributed by atoms with Crippen molar-refractivity contribution in [3.05, 3.63) is 17.0 Å². The third kappa shape index (κ3) is 3.60. The topological polar surface area (TPSA) is 67.2 Å². The van der Waals surface area contributed by atoms with E-state index in [4.69, 9.17) is 12.2 Å². The molecule has 8 heteroatoms. The zero-order chi connectivity index (χ0) is 16.5. The molecule has 1 saturated heterocycles. The summed E-state index contributed by atoms with van der Waals surface area (Å²) in [5.74, 6) is 0.454. The molecule has 22 heavy (non-hydrogen) atoms. The van der Waals surface area contributed by atoms with Crippen LogP contribution in [0.5, 0.6) is 0 Å². The maximum atomic E-state index is 11.7. The van der Waals surface area contributed by atoms with Crippen LogP contribution in [0.2, 0.25) is 0 Å². The summed E-state index contributed by atoms with van der Waals surface area (Å²) < 4.78 is 25.3. The van der Waals surface area contributed by atoms with Gasteiger partial charge < -0.3 is 10.2 Å². The zero-order valence-corrected chi connectivity index (χ0v) is 15.2. The van der Waals surface area contributed by atoms with Crippen LogP contribution in [0, 0.1) is 13.8 Å². The molecular weight excluding hydrogens is 320 g/mol. The van der Waals surface area contributed by atoms with Crippen molar-refractivity contribution in [3.8, 4) is 0 Å². The van der Waals surface area contributed by atoms with Crippen LogP contribution in [0.25, 0.3) is 0 Å². The second-order valence-electron chi connectivity index (χ2n) is 5.84. The number of rotatable bonds is 4. The van der Waals surface area contributed by atoms with Crippen LogP contribution in [-0.2, 0) is 16.4 Å². The summed E-state index contributed by atoms with van der Waals surface area (Å²) in [5, 5.41) is 8.41. The minimum absolute atomic E-state index is 0.0384. The number of nitrogens with one attached hydrogen (secondary N) is 1. The third-order valence-electron chi connectivity index (χ3n) is 4.10. The van der Waals surface area contributed by atoms with E-state index in [2.05, 4.69) is 10.4 Å². The molecule has 1 aromatic rings. The standard InChI is InChI=1S/C14H24N4O2S2/c1-5-15-14(21)17(4)8-13-10(2)16-18(11(13)3)12-6-7-22(19,20)9-12/h12H,5-9H2,1-4H3,(H,15,21)/t12-/m0/s1. The van der Waals surface area contributed by atoms with E-state index in [1.165, 1.54) is 0 Å². The molecule has 0 amide bonds. The summed E-state index contributed by atoms with van der Waals surface area (Å²) in [7, 11) is -0.964. The van der Waals surface area contributed by atoms with E-state index in [1.54, 1.807) is 0 Å². The SMILES string of the molecule is CCNC(=S)N(C)Cc1c(C)nn([C@H]2CCS(=O)(=O)C2)c1C. The van der Waals surface area contributed by atoms with Gasteiger partial charge in [-0.25, -0.2) is 8.42 Å². The molecule has 0 unspecified atom stereocenters. The van der Waals surface area contributed by atoms with Gasteiger partial charge in [-0.05, 0) is 39.4 Å². The molecule has 0 saturated carbocycles. The fourth-order valence-electron chi connectivity index (χ4n) is 2.84. The second-order valence-corrected chi connectivity index (χ2v) is 8.46. The van der Waals surface area contributed by atoms with Gasteiger partial charge in [-0.1, -0.05) is 0 Å². The van der Waals surface area contributed by atoms with Crippen molar-refractivity contribution in [2.24, 2.45) is 0 Å². The Bertz CT molecular complexity index is 667. The highest BCUT2D eigenvalue weighted by atomic mass is 32.2. The summed E-state index contributed by atoms with van der Waals surface area (Å²) >= 11 is 5.31. The molecule has 0 spiro atoms. The Morgan fingerprint density at radius 3 is 2.73 bits per heavy atom. The van der Waals surface area contributed by atoms with Crippen molar-refractivity contribution in [1.29, 1.82) is 0 Å². The number of thiocarbonyl (C=S) groups is 1. The summed E-state index contributed by atoms with van der Waals surface area (Å²) in [6, 6.07) is -0.0384. The minimum Gasteiger partial charge on any atom is -0.363 e. The highest BCUT2D eigenvalue weighted by Crippen LogP contribution is 2.27. The third-order valence-corrected chi connectivity index (χ3v) is 6.31. The Labute approximate surface area is 137 Å². The number of sulfone groups is 1. The van der Waals surface area contributed by atoms with Crippen molar-refractivity contribution in [2.45, 2.75) is 39.8 Å². The number of hydrogen-bond acceptors (Lipinski definition) is 4. The predicted octanol–water partition coefficient (Wildman–Crippen LogP) is 1.19. The Kier molecular flexibility index (Phi) is 5.11. The van der Waals surface area contributed by atoms with Crippen molar-refractivity contribution in [1.82, 2.24) is 20.0 Å². The van der Waals surface area contributed by atoms with Gasteiger partial charge in [-0.15, -0.1) is 0 Å². The highest BCUT2D eigenvalue weighted by Gasteiger charge is 2.31. The van der Waals surface area contributed by atoms with Crippen LogP contribution < -0.4 is 5.32 Å². The lowest BCUT2D eigenvalue weighted by Gasteiger charge is -2.21. The molecular formula is C14H24N4O2S2. The lowest BCUT2D eigenvalue weighted by atomic mass is 10.2. The molecule has 2 rings (SSSR count). The van der Waals surface area contributed by atoms with E-state index >= 15 is 0 Å². The van der Waals surface area contributed by atoms with Gasteiger partial charge in [0.2, 0.25) is 0 Å². The Balaban J connectivity index is 2.19. The minimum atomic E-state index is -2.91. The monoisotopic (exact) mass is 344 g/mol. The first-order chi connectivity index (χ1) is 10.2. The van der Waals surface area contributed by atoms with E-state index in [1.807, 2.05) is 37.4 Å². The first-order valence-corrected chi connectivity index (χ1v) is 9.72. The fourth-order valence-corrected chi connectivity index (χ4v) is 4.75. The molecule has 0 aliphatic carbocycles.